The number of nitrogens with one attached hydrogen (secondary N) is 1. The molecule has 2 unspecified atom stereocenters. The first-order chi connectivity index (χ1) is 9.49. The van der Waals surface area contributed by atoms with Crippen LogP contribution in [-0.4, -0.2) is 37.5 Å². The van der Waals surface area contributed by atoms with Gasteiger partial charge in [-0.15, -0.1) is 0 Å². The van der Waals surface area contributed by atoms with E-state index in [4.69, 9.17) is 17.3 Å². The Hall–Kier alpha value is -1.10. The summed E-state index contributed by atoms with van der Waals surface area (Å²) in [6.07, 6.45) is 1.32. The SMILES string of the molecule is CCC(N)C(c1cccc(Cl)c1)N(C)CCC(=O)NC. The Kier molecular flexibility index (Phi) is 6.99. The summed E-state index contributed by atoms with van der Waals surface area (Å²) in [7, 11) is 3.64. The molecule has 0 saturated heterocycles. The number of nitrogens with two attached hydrogens (primary N) is 1. The maximum absolute atomic E-state index is 11.4. The second-order valence-electron chi connectivity index (χ2n) is 4.98. The fourth-order valence-corrected chi connectivity index (χ4v) is 2.48. The van der Waals surface area contributed by atoms with Gasteiger partial charge in [0, 0.05) is 37.1 Å². The standard InChI is InChI=1S/C15H24ClN3O/c1-4-13(17)15(11-6-5-7-12(16)10-11)19(3)9-8-14(20)18-2/h5-7,10,13,15H,4,8-9,17H2,1-3H3,(H,18,20). The van der Waals surface area contributed by atoms with Gasteiger partial charge in [-0.05, 0) is 31.2 Å². The van der Waals surface area contributed by atoms with Crippen molar-refractivity contribution in [1.82, 2.24) is 10.2 Å². The lowest BCUT2D eigenvalue weighted by atomic mass is 9.96. The number of hydrogen-bond acceptors (Lipinski definition) is 3. The van der Waals surface area contributed by atoms with Gasteiger partial charge in [-0.1, -0.05) is 30.7 Å². The number of hydrogen-bond donors (Lipinski definition) is 2. The van der Waals surface area contributed by atoms with E-state index in [1.54, 1.807) is 7.05 Å². The second-order valence-corrected chi connectivity index (χ2v) is 5.41. The van der Waals surface area contributed by atoms with Crippen LogP contribution in [0, 0.1) is 0 Å². The van der Waals surface area contributed by atoms with E-state index in [9.17, 15) is 4.79 Å². The van der Waals surface area contributed by atoms with Gasteiger partial charge in [0.1, 0.15) is 0 Å². The maximum atomic E-state index is 11.4. The van der Waals surface area contributed by atoms with E-state index in [0.29, 0.717) is 18.0 Å². The van der Waals surface area contributed by atoms with Crippen LogP contribution in [0.1, 0.15) is 31.4 Å². The maximum Gasteiger partial charge on any atom is 0.221 e. The lowest BCUT2D eigenvalue weighted by Gasteiger charge is -2.32. The highest BCUT2D eigenvalue weighted by Crippen LogP contribution is 2.26. The Labute approximate surface area is 126 Å². The third kappa shape index (κ3) is 4.78. The van der Waals surface area contributed by atoms with E-state index < -0.39 is 0 Å². The van der Waals surface area contributed by atoms with Gasteiger partial charge in [0.05, 0.1) is 0 Å². The molecule has 0 fully saturated rings. The number of halogens is 1. The molecular formula is C15H24ClN3O. The molecule has 5 heteroatoms. The molecule has 1 rings (SSSR count). The zero-order valence-corrected chi connectivity index (χ0v) is 13.2. The molecule has 0 saturated carbocycles. The summed E-state index contributed by atoms with van der Waals surface area (Å²) in [6, 6.07) is 7.82. The van der Waals surface area contributed by atoms with Crippen molar-refractivity contribution >= 4 is 17.5 Å². The van der Waals surface area contributed by atoms with Crippen LogP contribution in [0.25, 0.3) is 0 Å². The minimum Gasteiger partial charge on any atom is -0.359 e. The van der Waals surface area contributed by atoms with E-state index in [-0.39, 0.29) is 18.0 Å². The summed E-state index contributed by atoms with van der Waals surface area (Å²) < 4.78 is 0. The lowest BCUT2D eigenvalue weighted by Crippen LogP contribution is -2.40. The molecule has 0 aromatic heterocycles. The van der Waals surface area contributed by atoms with Crippen LogP contribution in [0.3, 0.4) is 0 Å². The van der Waals surface area contributed by atoms with Gasteiger partial charge in [0.2, 0.25) is 5.91 Å². The van der Waals surface area contributed by atoms with Gasteiger partial charge < -0.3 is 11.1 Å². The van der Waals surface area contributed by atoms with Crippen LogP contribution >= 0.6 is 11.6 Å². The molecule has 0 aliphatic carbocycles. The van der Waals surface area contributed by atoms with Crippen molar-refractivity contribution in [3.63, 3.8) is 0 Å². The smallest absolute Gasteiger partial charge is 0.221 e. The molecule has 1 aromatic carbocycles. The summed E-state index contributed by atoms with van der Waals surface area (Å²) in [5.41, 5.74) is 7.34. The van der Waals surface area contributed by atoms with Crippen molar-refractivity contribution in [2.75, 3.05) is 20.6 Å². The van der Waals surface area contributed by atoms with Crippen molar-refractivity contribution in [3.05, 3.63) is 34.9 Å². The first kappa shape index (κ1) is 17.0. The van der Waals surface area contributed by atoms with Gasteiger partial charge in [-0.2, -0.15) is 0 Å². The summed E-state index contributed by atoms with van der Waals surface area (Å²) in [4.78, 5) is 13.5. The zero-order valence-electron chi connectivity index (χ0n) is 12.4. The van der Waals surface area contributed by atoms with Crippen LogP contribution in [-0.2, 0) is 4.79 Å². The van der Waals surface area contributed by atoms with Crippen molar-refractivity contribution in [2.24, 2.45) is 5.73 Å². The predicted molar refractivity (Wildman–Crippen MR) is 83.8 cm³/mol. The molecule has 4 nitrogen and oxygen atoms in total. The van der Waals surface area contributed by atoms with Crippen molar-refractivity contribution in [2.45, 2.75) is 31.8 Å². The Bertz CT molecular complexity index is 439. The molecule has 0 heterocycles. The van der Waals surface area contributed by atoms with Gasteiger partial charge in [0.15, 0.2) is 0 Å². The quantitative estimate of drug-likeness (QED) is 0.811. The molecule has 112 valence electrons. The Balaban J connectivity index is 2.86. The fraction of sp³-hybridized carbons (Fsp3) is 0.533. The highest BCUT2D eigenvalue weighted by atomic mass is 35.5. The van der Waals surface area contributed by atoms with E-state index in [2.05, 4.69) is 17.1 Å². The average Bonchev–Trinajstić information content (AvgIpc) is 2.44. The average molecular weight is 298 g/mol. The number of amides is 1. The molecule has 0 aliphatic heterocycles. The minimum atomic E-state index is 0.00292. The third-order valence-corrected chi connectivity index (χ3v) is 3.75. The lowest BCUT2D eigenvalue weighted by molar-refractivity contribution is -0.121. The van der Waals surface area contributed by atoms with Gasteiger partial charge in [-0.25, -0.2) is 0 Å². The Morgan fingerprint density at radius 1 is 1.50 bits per heavy atom. The van der Waals surface area contributed by atoms with Gasteiger partial charge in [0.25, 0.3) is 0 Å². The Morgan fingerprint density at radius 2 is 2.20 bits per heavy atom. The first-order valence-electron chi connectivity index (χ1n) is 6.91. The summed E-state index contributed by atoms with van der Waals surface area (Å²) in [5, 5.41) is 3.34. The van der Waals surface area contributed by atoms with Crippen LogP contribution < -0.4 is 11.1 Å². The number of likely N-dealkylation sites (N-methyl/N-ethyl adjacent to an activating group) is 1. The molecular weight excluding hydrogens is 274 g/mol. The summed E-state index contributed by atoms with van der Waals surface area (Å²) in [5.74, 6) is 0.0340. The molecule has 0 aliphatic rings. The van der Waals surface area contributed by atoms with Crippen molar-refractivity contribution < 1.29 is 4.79 Å². The molecule has 0 bridgehead atoms. The highest BCUT2D eigenvalue weighted by molar-refractivity contribution is 6.30. The zero-order chi connectivity index (χ0) is 15.1. The largest absolute Gasteiger partial charge is 0.359 e. The molecule has 3 N–H and O–H groups in total. The number of benzene rings is 1. The highest BCUT2D eigenvalue weighted by Gasteiger charge is 2.23. The number of rotatable bonds is 7. The van der Waals surface area contributed by atoms with Gasteiger partial charge >= 0.3 is 0 Å². The number of carbonyl (C=O) groups excluding carboxylic acids is 1. The van der Waals surface area contributed by atoms with Crippen molar-refractivity contribution in [1.29, 1.82) is 0 Å². The van der Waals surface area contributed by atoms with E-state index in [1.807, 2.05) is 31.3 Å². The topological polar surface area (TPSA) is 58.4 Å². The van der Waals surface area contributed by atoms with Crippen LogP contribution in [0.5, 0.6) is 0 Å². The van der Waals surface area contributed by atoms with E-state index in [0.717, 1.165) is 12.0 Å². The van der Waals surface area contributed by atoms with E-state index >= 15 is 0 Å². The second kappa shape index (κ2) is 8.25. The molecule has 1 amide bonds. The van der Waals surface area contributed by atoms with Crippen molar-refractivity contribution in [3.8, 4) is 0 Å². The number of nitrogens with zero attached hydrogens (tertiary/aromatic N) is 1. The van der Waals surface area contributed by atoms with Crippen LogP contribution in [0.4, 0.5) is 0 Å². The minimum absolute atomic E-state index is 0.00292. The first-order valence-corrected chi connectivity index (χ1v) is 7.29. The summed E-state index contributed by atoms with van der Waals surface area (Å²) in [6.45, 7) is 2.72. The van der Waals surface area contributed by atoms with Gasteiger partial charge in [-0.3, -0.25) is 9.69 Å². The number of carbonyl (C=O) groups is 1. The van der Waals surface area contributed by atoms with E-state index in [1.165, 1.54) is 0 Å². The third-order valence-electron chi connectivity index (χ3n) is 3.51. The van der Waals surface area contributed by atoms with Crippen LogP contribution in [0.15, 0.2) is 24.3 Å². The monoisotopic (exact) mass is 297 g/mol. The molecule has 0 spiro atoms. The molecule has 1 aromatic rings. The predicted octanol–water partition coefficient (Wildman–Crippen LogP) is 2.19. The fourth-order valence-electron chi connectivity index (χ4n) is 2.28. The van der Waals surface area contributed by atoms with Crippen LogP contribution in [0.2, 0.25) is 5.02 Å². The molecule has 0 radical (unpaired) electrons. The summed E-state index contributed by atoms with van der Waals surface area (Å²) >= 11 is 6.07. The molecule has 2 atom stereocenters. The molecule has 20 heavy (non-hydrogen) atoms. The normalized spacial score (nSPS) is 14.1. The Morgan fingerprint density at radius 3 is 2.75 bits per heavy atom.